The predicted octanol–water partition coefficient (Wildman–Crippen LogP) is 2.72. The number of rotatable bonds is 6. The minimum absolute atomic E-state index is 0.0505. The lowest BCUT2D eigenvalue weighted by Gasteiger charge is -2.06. The summed E-state index contributed by atoms with van der Waals surface area (Å²) in [6.07, 6.45) is 2.00. The highest BCUT2D eigenvalue weighted by Crippen LogP contribution is 2.25. The molecule has 0 atom stereocenters. The van der Waals surface area contributed by atoms with Gasteiger partial charge in [-0.3, -0.25) is 4.79 Å². The van der Waals surface area contributed by atoms with Gasteiger partial charge in [0.1, 0.15) is 5.82 Å². The Hall–Kier alpha value is -1.21. The Labute approximate surface area is 118 Å². The third kappa shape index (κ3) is 3.42. The zero-order valence-corrected chi connectivity index (χ0v) is 11.9. The number of hydrogen-bond acceptors (Lipinski definition) is 4. The number of carboxylic acids is 1. The lowest BCUT2D eigenvalue weighted by atomic mass is 10.3. The van der Waals surface area contributed by atoms with Gasteiger partial charge in [-0.15, -0.1) is 0 Å². The van der Waals surface area contributed by atoms with Gasteiger partial charge < -0.3 is 9.67 Å². The summed E-state index contributed by atoms with van der Waals surface area (Å²) in [4.78, 5) is 15.0. The van der Waals surface area contributed by atoms with E-state index >= 15 is 0 Å². The number of fused-ring (bicyclic) bond motifs is 1. The van der Waals surface area contributed by atoms with Crippen LogP contribution in [0.3, 0.4) is 0 Å². The monoisotopic (exact) mass is 300 g/mol. The van der Waals surface area contributed by atoms with Gasteiger partial charge in [-0.05, 0) is 18.4 Å². The van der Waals surface area contributed by atoms with Crippen LogP contribution in [0.2, 0.25) is 0 Å². The maximum atomic E-state index is 13.2. The van der Waals surface area contributed by atoms with Crippen molar-refractivity contribution in [1.82, 2.24) is 9.55 Å². The van der Waals surface area contributed by atoms with Crippen LogP contribution in [0.4, 0.5) is 4.39 Å². The van der Waals surface area contributed by atoms with Gasteiger partial charge in [-0.1, -0.05) is 11.8 Å². The molecule has 7 heteroatoms. The lowest BCUT2D eigenvalue weighted by molar-refractivity contribution is -0.133. The highest BCUT2D eigenvalue weighted by Gasteiger charge is 2.13. The molecule has 2 rings (SSSR count). The van der Waals surface area contributed by atoms with Gasteiger partial charge in [0.2, 0.25) is 0 Å². The predicted molar refractivity (Wildman–Crippen MR) is 76.4 cm³/mol. The second kappa shape index (κ2) is 6.29. The molecule has 0 fully saturated rings. The molecule has 0 amide bonds. The number of halogens is 1. The summed E-state index contributed by atoms with van der Waals surface area (Å²) in [5, 5.41) is 9.36. The Morgan fingerprint density at radius 3 is 3.00 bits per heavy atom. The molecule has 0 aliphatic carbocycles. The van der Waals surface area contributed by atoms with Gasteiger partial charge in [0.05, 0.1) is 16.8 Å². The first kappa shape index (κ1) is 14.2. The van der Waals surface area contributed by atoms with Crippen molar-refractivity contribution in [2.75, 3.05) is 17.8 Å². The van der Waals surface area contributed by atoms with E-state index in [1.807, 2.05) is 10.8 Å². The topological polar surface area (TPSA) is 55.1 Å². The van der Waals surface area contributed by atoms with Crippen molar-refractivity contribution in [3.63, 3.8) is 0 Å². The molecule has 1 aromatic heterocycles. The minimum Gasteiger partial charge on any atom is -0.481 e. The molecule has 1 heterocycles. The van der Waals surface area contributed by atoms with Crippen LogP contribution >= 0.6 is 23.5 Å². The minimum atomic E-state index is -0.889. The summed E-state index contributed by atoms with van der Waals surface area (Å²) >= 11 is 2.85. The van der Waals surface area contributed by atoms with Crippen LogP contribution in [0.1, 0.15) is 0 Å². The number of imidazole rings is 1. The fraction of sp³-hybridized carbons (Fsp3) is 0.333. The van der Waals surface area contributed by atoms with E-state index in [1.165, 1.54) is 12.1 Å². The first-order chi connectivity index (χ1) is 9.11. The molecular weight excluding hydrogens is 287 g/mol. The Bertz CT molecular complexity index is 601. The van der Waals surface area contributed by atoms with Gasteiger partial charge >= 0.3 is 5.97 Å². The molecule has 0 aliphatic heterocycles. The summed E-state index contributed by atoms with van der Waals surface area (Å²) in [7, 11) is 0. The fourth-order valence-electron chi connectivity index (χ4n) is 1.72. The zero-order chi connectivity index (χ0) is 13.8. The third-order valence-electron chi connectivity index (χ3n) is 2.52. The molecule has 0 aliphatic rings. The molecule has 0 spiro atoms. The molecule has 0 saturated heterocycles. The molecule has 0 radical (unpaired) electrons. The molecule has 0 saturated carbocycles. The van der Waals surface area contributed by atoms with E-state index in [-0.39, 0.29) is 11.6 Å². The zero-order valence-electron chi connectivity index (χ0n) is 10.3. The number of thioether (sulfide) groups is 2. The van der Waals surface area contributed by atoms with Crippen molar-refractivity contribution in [3.8, 4) is 0 Å². The first-order valence-electron chi connectivity index (χ1n) is 5.61. The lowest BCUT2D eigenvalue weighted by Crippen LogP contribution is -2.04. The molecule has 1 aromatic carbocycles. The van der Waals surface area contributed by atoms with Crippen molar-refractivity contribution >= 4 is 40.5 Å². The third-order valence-corrected chi connectivity index (χ3v) is 4.07. The molecule has 19 heavy (non-hydrogen) atoms. The molecule has 0 unspecified atom stereocenters. The van der Waals surface area contributed by atoms with Crippen molar-refractivity contribution in [2.45, 2.75) is 11.7 Å². The number of aryl methyl sites for hydroxylation is 1. The molecule has 102 valence electrons. The van der Waals surface area contributed by atoms with Crippen molar-refractivity contribution in [1.29, 1.82) is 0 Å². The standard InChI is InChI=1S/C12H13FN2O2S2/c1-18-5-4-15-10-3-2-8(13)6-9(10)14-12(15)19-7-11(16)17/h2-3,6H,4-5,7H2,1H3,(H,16,17). The Kier molecular flexibility index (Phi) is 4.71. The van der Waals surface area contributed by atoms with Crippen LogP contribution in [0, 0.1) is 5.82 Å². The molecule has 0 bridgehead atoms. The average Bonchev–Trinajstić information content (AvgIpc) is 2.70. The number of hydrogen-bond donors (Lipinski definition) is 1. The molecule has 2 aromatic rings. The highest BCUT2D eigenvalue weighted by atomic mass is 32.2. The quantitative estimate of drug-likeness (QED) is 0.831. The van der Waals surface area contributed by atoms with Gasteiger partial charge in [-0.25, -0.2) is 9.37 Å². The summed E-state index contributed by atoms with van der Waals surface area (Å²) in [6.45, 7) is 0.727. The van der Waals surface area contributed by atoms with Crippen molar-refractivity contribution in [3.05, 3.63) is 24.0 Å². The summed E-state index contributed by atoms with van der Waals surface area (Å²) < 4.78 is 15.1. The Morgan fingerprint density at radius 2 is 2.32 bits per heavy atom. The summed E-state index contributed by atoms with van der Waals surface area (Å²) in [5.74, 6) is -0.384. The molecule has 4 nitrogen and oxygen atoms in total. The second-order valence-corrected chi connectivity index (χ2v) is 5.78. The maximum absolute atomic E-state index is 13.2. The second-order valence-electron chi connectivity index (χ2n) is 3.85. The molecular formula is C12H13FN2O2S2. The average molecular weight is 300 g/mol. The van der Waals surface area contributed by atoms with Gasteiger partial charge in [0, 0.05) is 18.4 Å². The number of carboxylic acid groups (broad SMARTS) is 1. The summed E-state index contributed by atoms with van der Waals surface area (Å²) in [5.41, 5.74) is 1.40. The van der Waals surface area contributed by atoms with Crippen LogP contribution < -0.4 is 0 Å². The van der Waals surface area contributed by atoms with E-state index in [4.69, 9.17) is 5.11 Å². The van der Waals surface area contributed by atoms with E-state index in [9.17, 15) is 9.18 Å². The number of carbonyl (C=O) groups is 1. The van der Waals surface area contributed by atoms with Gasteiger partial charge in [0.15, 0.2) is 5.16 Å². The smallest absolute Gasteiger partial charge is 0.313 e. The number of aromatic nitrogens is 2. The van der Waals surface area contributed by atoms with Crippen LogP contribution in [0.5, 0.6) is 0 Å². The number of nitrogens with zero attached hydrogens (tertiary/aromatic N) is 2. The van der Waals surface area contributed by atoms with E-state index in [0.717, 1.165) is 29.6 Å². The van der Waals surface area contributed by atoms with Crippen LogP contribution in [-0.2, 0) is 11.3 Å². The van der Waals surface area contributed by atoms with Gasteiger partial charge in [0.25, 0.3) is 0 Å². The van der Waals surface area contributed by atoms with E-state index in [1.54, 1.807) is 17.8 Å². The first-order valence-corrected chi connectivity index (χ1v) is 7.99. The van der Waals surface area contributed by atoms with E-state index in [0.29, 0.717) is 10.7 Å². The van der Waals surface area contributed by atoms with Crippen molar-refractivity contribution in [2.24, 2.45) is 0 Å². The highest BCUT2D eigenvalue weighted by molar-refractivity contribution is 7.99. The van der Waals surface area contributed by atoms with E-state index in [2.05, 4.69) is 4.98 Å². The Balaban J connectivity index is 2.38. The number of aliphatic carboxylic acids is 1. The van der Waals surface area contributed by atoms with Crippen LogP contribution in [-0.4, -0.2) is 38.4 Å². The summed E-state index contributed by atoms with van der Waals surface area (Å²) in [6, 6.07) is 4.45. The van der Waals surface area contributed by atoms with Crippen LogP contribution in [0.15, 0.2) is 23.4 Å². The van der Waals surface area contributed by atoms with Crippen LogP contribution in [0.25, 0.3) is 11.0 Å². The Morgan fingerprint density at radius 1 is 1.53 bits per heavy atom. The normalized spacial score (nSPS) is 11.1. The fourth-order valence-corrected chi connectivity index (χ4v) is 2.84. The maximum Gasteiger partial charge on any atom is 0.313 e. The largest absolute Gasteiger partial charge is 0.481 e. The number of benzene rings is 1. The molecule has 1 N–H and O–H groups in total. The SMILES string of the molecule is CSCCn1c(SCC(=O)O)nc2cc(F)ccc21. The van der Waals surface area contributed by atoms with E-state index < -0.39 is 5.97 Å². The van der Waals surface area contributed by atoms with Gasteiger partial charge in [-0.2, -0.15) is 11.8 Å². The van der Waals surface area contributed by atoms with Crippen molar-refractivity contribution < 1.29 is 14.3 Å².